The Bertz CT molecular complexity index is 469. The van der Waals surface area contributed by atoms with E-state index in [0.29, 0.717) is 11.6 Å². The summed E-state index contributed by atoms with van der Waals surface area (Å²) in [6.07, 6.45) is 2.47. The van der Waals surface area contributed by atoms with Gasteiger partial charge in [-0.25, -0.2) is 0 Å². The molecule has 1 N–H and O–H groups in total. The van der Waals surface area contributed by atoms with Crippen LogP contribution in [0.2, 0.25) is 0 Å². The molecule has 1 atom stereocenters. The molecule has 0 saturated carbocycles. The van der Waals surface area contributed by atoms with Crippen LogP contribution in [0, 0.1) is 25.2 Å². The second kappa shape index (κ2) is 5.36. The minimum absolute atomic E-state index is 0.537. The molecule has 96 valence electrons. The molecule has 1 saturated heterocycles. The summed E-state index contributed by atoms with van der Waals surface area (Å²) in [5.41, 5.74) is 3.48. The van der Waals surface area contributed by atoms with Crippen LogP contribution in [0.4, 0.5) is 5.69 Å². The van der Waals surface area contributed by atoms with Crippen molar-refractivity contribution in [2.45, 2.75) is 32.7 Å². The number of anilines is 1. The van der Waals surface area contributed by atoms with Crippen molar-refractivity contribution in [3.8, 4) is 6.07 Å². The topological polar surface area (TPSA) is 52.0 Å². The molecule has 0 amide bonds. The second-order valence-electron chi connectivity index (χ2n) is 5.03. The Kier molecular flexibility index (Phi) is 3.83. The summed E-state index contributed by atoms with van der Waals surface area (Å²) in [7, 11) is 2.05. The van der Waals surface area contributed by atoms with E-state index in [9.17, 15) is 5.26 Å². The fourth-order valence-electron chi connectivity index (χ4n) is 2.59. The Morgan fingerprint density at radius 3 is 2.94 bits per heavy atom. The molecule has 4 nitrogen and oxygen atoms in total. The molecule has 0 spiro atoms. The highest BCUT2D eigenvalue weighted by molar-refractivity contribution is 5.61. The molecule has 1 aromatic rings. The average molecular weight is 244 g/mol. The number of nitrogens with zero attached hydrogens (tertiary/aromatic N) is 3. The molecule has 0 aliphatic carbocycles. The summed E-state index contributed by atoms with van der Waals surface area (Å²) < 4.78 is 0. The van der Waals surface area contributed by atoms with Crippen molar-refractivity contribution in [3.05, 3.63) is 23.0 Å². The summed E-state index contributed by atoms with van der Waals surface area (Å²) in [5, 5.41) is 12.8. The predicted molar refractivity (Wildman–Crippen MR) is 72.7 cm³/mol. The highest BCUT2D eigenvalue weighted by Gasteiger charge is 2.18. The predicted octanol–water partition coefficient (Wildman–Crippen LogP) is 1.76. The second-order valence-corrected chi connectivity index (χ2v) is 5.03. The first-order chi connectivity index (χ1) is 8.61. The van der Waals surface area contributed by atoms with E-state index >= 15 is 0 Å². The van der Waals surface area contributed by atoms with Gasteiger partial charge in [-0.15, -0.1) is 0 Å². The van der Waals surface area contributed by atoms with Gasteiger partial charge >= 0.3 is 0 Å². The van der Waals surface area contributed by atoms with Crippen molar-refractivity contribution in [2.24, 2.45) is 0 Å². The van der Waals surface area contributed by atoms with Gasteiger partial charge in [0.05, 0.1) is 16.9 Å². The van der Waals surface area contributed by atoms with E-state index in [1.807, 2.05) is 19.9 Å². The number of rotatable bonds is 3. The first-order valence-corrected chi connectivity index (χ1v) is 6.44. The number of likely N-dealkylation sites (N-methyl/N-ethyl adjacent to an activating group) is 1. The summed E-state index contributed by atoms with van der Waals surface area (Å²) in [6.45, 7) is 5.92. The Morgan fingerprint density at radius 2 is 2.33 bits per heavy atom. The van der Waals surface area contributed by atoms with Crippen molar-refractivity contribution in [3.63, 3.8) is 0 Å². The van der Waals surface area contributed by atoms with Crippen molar-refractivity contribution in [2.75, 3.05) is 25.0 Å². The number of aromatic nitrogens is 1. The van der Waals surface area contributed by atoms with Gasteiger partial charge < -0.3 is 10.2 Å². The maximum Gasteiger partial charge on any atom is 0.103 e. The molecule has 18 heavy (non-hydrogen) atoms. The smallest absolute Gasteiger partial charge is 0.103 e. The van der Waals surface area contributed by atoms with E-state index < -0.39 is 0 Å². The van der Waals surface area contributed by atoms with Gasteiger partial charge in [0.2, 0.25) is 0 Å². The third-order valence-electron chi connectivity index (χ3n) is 3.49. The Hall–Kier alpha value is -1.60. The molecular weight excluding hydrogens is 224 g/mol. The molecule has 0 bridgehead atoms. The summed E-state index contributed by atoms with van der Waals surface area (Å²) in [6, 6.07) is 4.81. The van der Waals surface area contributed by atoms with Crippen molar-refractivity contribution in [1.82, 2.24) is 10.3 Å². The number of hydrogen-bond donors (Lipinski definition) is 1. The zero-order chi connectivity index (χ0) is 13.1. The van der Waals surface area contributed by atoms with Crippen LogP contribution in [0.1, 0.15) is 29.8 Å². The minimum Gasteiger partial charge on any atom is -0.372 e. The van der Waals surface area contributed by atoms with Gasteiger partial charge in [0, 0.05) is 25.3 Å². The largest absolute Gasteiger partial charge is 0.372 e. The highest BCUT2D eigenvalue weighted by Crippen LogP contribution is 2.23. The van der Waals surface area contributed by atoms with Crippen LogP contribution in [-0.4, -0.2) is 31.2 Å². The highest BCUT2D eigenvalue weighted by atomic mass is 15.1. The number of aryl methyl sites for hydroxylation is 2. The fourth-order valence-corrected chi connectivity index (χ4v) is 2.59. The van der Waals surface area contributed by atoms with Gasteiger partial charge in [0.25, 0.3) is 0 Å². The number of pyridine rings is 1. The van der Waals surface area contributed by atoms with E-state index in [4.69, 9.17) is 0 Å². The number of hydrogen-bond acceptors (Lipinski definition) is 4. The van der Waals surface area contributed by atoms with Crippen molar-refractivity contribution >= 4 is 5.69 Å². The molecule has 1 fully saturated rings. The summed E-state index contributed by atoms with van der Waals surface area (Å²) in [5.74, 6) is 0. The minimum atomic E-state index is 0.537. The third kappa shape index (κ3) is 2.62. The first-order valence-electron chi connectivity index (χ1n) is 6.44. The molecule has 2 heterocycles. The van der Waals surface area contributed by atoms with E-state index in [1.54, 1.807) is 0 Å². The molecule has 0 radical (unpaired) electrons. The van der Waals surface area contributed by atoms with Gasteiger partial charge in [-0.1, -0.05) is 0 Å². The lowest BCUT2D eigenvalue weighted by atomic mass is 10.1. The number of nitrogens with one attached hydrogen (secondary N) is 1. The molecule has 1 aromatic heterocycles. The van der Waals surface area contributed by atoms with Crippen LogP contribution < -0.4 is 10.2 Å². The SMILES string of the molecule is Cc1cc(N(C)CC2CCCN2)c(C#N)c(C)n1. The van der Waals surface area contributed by atoms with Crippen LogP contribution in [0.5, 0.6) is 0 Å². The van der Waals surface area contributed by atoms with Crippen LogP contribution in [-0.2, 0) is 0 Å². The zero-order valence-corrected chi connectivity index (χ0v) is 11.3. The van der Waals surface area contributed by atoms with E-state index in [0.717, 1.165) is 30.2 Å². The molecule has 1 aliphatic rings. The normalized spacial score (nSPS) is 18.7. The maximum absolute atomic E-state index is 9.27. The monoisotopic (exact) mass is 244 g/mol. The lowest BCUT2D eigenvalue weighted by molar-refractivity contribution is 0.599. The van der Waals surface area contributed by atoms with Crippen LogP contribution in [0.25, 0.3) is 0 Å². The van der Waals surface area contributed by atoms with Crippen molar-refractivity contribution in [1.29, 1.82) is 5.26 Å². The van der Waals surface area contributed by atoms with Crippen molar-refractivity contribution < 1.29 is 0 Å². The summed E-state index contributed by atoms with van der Waals surface area (Å²) in [4.78, 5) is 6.52. The number of nitriles is 1. The maximum atomic E-state index is 9.27. The molecule has 4 heteroatoms. The van der Waals surface area contributed by atoms with Crippen LogP contribution >= 0.6 is 0 Å². The van der Waals surface area contributed by atoms with Gasteiger partial charge in [0.1, 0.15) is 6.07 Å². The standard InChI is InChI=1S/C14H20N4/c1-10-7-14(13(8-15)11(2)17-10)18(3)9-12-5-4-6-16-12/h7,12,16H,4-6,9H2,1-3H3. The van der Waals surface area contributed by atoms with Gasteiger partial charge in [0.15, 0.2) is 0 Å². The quantitative estimate of drug-likeness (QED) is 0.880. The molecule has 1 unspecified atom stereocenters. The Labute approximate surface area is 109 Å². The fraction of sp³-hybridized carbons (Fsp3) is 0.571. The first kappa shape index (κ1) is 12.8. The molecular formula is C14H20N4. The van der Waals surface area contributed by atoms with E-state index in [1.165, 1.54) is 12.8 Å². The van der Waals surface area contributed by atoms with Gasteiger partial charge in [-0.2, -0.15) is 5.26 Å². The van der Waals surface area contributed by atoms with E-state index in [-0.39, 0.29) is 0 Å². The van der Waals surface area contributed by atoms with Crippen LogP contribution in [0.3, 0.4) is 0 Å². The Balaban J connectivity index is 2.23. The summed E-state index contributed by atoms with van der Waals surface area (Å²) >= 11 is 0. The molecule has 0 aromatic carbocycles. The zero-order valence-electron chi connectivity index (χ0n) is 11.3. The third-order valence-corrected chi connectivity index (χ3v) is 3.49. The average Bonchev–Trinajstić information content (AvgIpc) is 2.80. The lowest BCUT2D eigenvalue weighted by Crippen LogP contribution is -2.35. The lowest BCUT2D eigenvalue weighted by Gasteiger charge is -2.25. The van der Waals surface area contributed by atoms with E-state index in [2.05, 4.69) is 28.3 Å². The van der Waals surface area contributed by atoms with Gasteiger partial charge in [-0.3, -0.25) is 4.98 Å². The van der Waals surface area contributed by atoms with Crippen LogP contribution in [0.15, 0.2) is 6.07 Å². The van der Waals surface area contributed by atoms with Gasteiger partial charge in [-0.05, 0) is 39.3 Å². The molecule has 1 aliphatic heterocycles. The Morgan fingerprint density at radius 1 is 1.56 bits per heavy atom. The molecule has 2 rings (SSSR count).